The predicted octanol–water partition coefficient (Wildman–Crippen LogP) is 2.26. The summed E-state index contributed by atoms with van der Waals surface area (Å²) >= 11 is 2.64. The highest BCUT2D eigenvalue weighted by molar-refractivity contribution is 8.00. The Morgan fingerprint density at radius 1 is 1.48 bits per heavy atom. The number of thioether (sulfide) groups is 1. The lowest BCUT2D eigenvalue weighted by Gasteiger charge is -2.21. The first-order chi connectivity index (χ1) is 9.94. The number of nitrogens with one attached hydrogen (secondary N) is 2. The molecule has 1 unspecified atom stereocenters. The maximum absolute atomic E-state index is 12.2. The lowest BCUT2D eigenvalue weighted by atomic mass is 10.2. The number of thiophene rings is 1. The van der Waals surface area contributed by atoms with E-state index in [9.17, 15) is 18.5 Å². The first-order valence-corrected chi connectivity index (χ1v) is 9.86. The van der Waals surface area contributed by atoms with Gasteiger partial charge in [0.05, 0.1) is 4.92 Å². The summed E-state index contributed by atoms with van der Waals surface area (Å²) in [5.41, 5.74) is -0.213. The van der Waals surface area contributed by atoms with Crippen molar-refractivity contribution >= 4 is 43.8 Å². The van der Waals surface area contributed by atoms with Crippen LogP contribution < -0.4 is 10.0 Å². The van der Waals surface area contributed by atoms with E-state index in [0.717, 1.165) is 36.0 Å². The topological polar surface area (TPSA) is 101 Å². The molecule has 1 atom stereocenters. The number of nitro groups is 1. The van der Waals surface area contributed by atoms with Gasteiger partial charge in [-0.2, -0.15) is 11.8 Å². The van der Waals surface area contributed by atoms with Gasteiger partial charge in [-0.3, -0.25) is 10.1 Å². The zero-order valence-corrected chi connectivity index (χ0v) is 13.9. The monoisotopic (exact) mass is 351 g/mol. The second-order valence-electron chi connectivity index (χ2n) is 4.63. The number of sulfonamides is 1. The fourth-order valence-electron chi connectivity index (χ4n) is 2.05. The van der Waals surface area contributed by atoms with Crippen LogP contribution in [-0.4, -0.2) is 37.9 Å². The summed E-state index contributed by atoms with van der Waals surface area (Å²) < 4.78 is 27.0. The molecule has 1 aromatic rings. The molecule has 1 saturated heterocycles. The van der Waals surface area contributed by atoms with E-state index in [2.05, 4.69) is 10.0 Å². The Balaban J connectivity index is 2.09. The van der Waals surface area contributed by atoms with E-state index in [4.69, 9.17) is 0 Å². The van der Waals surface area contributed by atoms with Crippen molar-refractivity contribution in [2.24, 2.45) is 0 Å². The molecule has 2 rings (SSSR count). The third-order valence-corrected chi connectivity index (χ3v) is 7.59. The Kier molecular flexibility index (Phi) is 5.47. The third kappa shape index (κ3) is 4.09. The summed E-state index contributed by atoms with van der Waals surface area (Å²) in [4.78, 5) is 10.3. The van der Waals surface area contributed by atoms with Crippen molar-refractivity contribution < 1.29 is 13.3 Å². The van der Waals surface area contributed by atoms with Gasteiger partial charge in [-0.05, 0) is 18.6 Å². The summed E-state index contributed by atoms with van der Waals surface area (Å²) in [6.45, 7) is 0.369. The smallest absolute Gasteiger partial charge is 0.304 e. The maximum atomic E-state index is 12.2. The van der Waals surface area contributed by atoms with Crippen LogP contribution in [0.3, 0.4) is 0 Å². The highest BCUT2D eigenvalue weighted by Gasteiger charge is 2.26. The molecule has 1 aliphatic heterocycles. The molecular weight excluding hydrogens is 334 g/mol. The van der Waals surface area contributed by atoms with Crippen molar-refractivity contribution in [3.8, 4) is 0 Å². The zero-order valence-electron chi connectivity index (χ0n) is 11.5. The Morgan fingerprint density at radius 2 is 2.24 bits per heavy atom. The van der Waals surface area contributed by atoms with Crippen LogP contribution in [-0.2, 0) is 10.0 Å². The van der Waals surface area contributed by atoms with Gasteiger partial charge in [0.1, 0.15) is 4.21 Å². The average Bonchev–Trinajstić information content (AvgIpc) is 2.92. The van der Waals surface area contributed by atoms with Crippen LogP contribution in [0.5, 0.6) is 0 Å². The summed E-state index contributed by atoms with van der Waals surface area (Å²) in [7, 11) is -2.17. The molecule has 0 saturated carbocycles. The molecule has 0 bridgehead atoms. The fourth-order valence-corrected chi connectivity index (χ4v) is 5.80. The number of hydrogen-bond donors (Lipinski definition) is 2. The summed E-state index contributed by atoms with van der Waals surface area (Å²) in [5.74, 6) is 1.06. The van der Waals surface area contributed by atoms with Crippen molar-refractivity contribution in [2.75, 3.05) is 24.7 Å². The largest absolute Gasteiger partial charge is 0.374 e. The van der Waals surface area contributed by atoms with E-state index in [1.165, 1.54) is 13.5 Å². The van der Waals surface area contributed by atoms with E-state index in [-0.39, 0.29) is 20.1 Å². The van der Waals surface area contributed by atoms with Gasteiger partial charge in [-0.25, -0.2) is 13.1 Å². The Morgan fingerprint density at radius 3 is 2.76 bits per heavy atom. The van der Waals surface area contributed by atoms with Gasteiger partial charge < -0.3 is 5.32 Å². The molecule has 1 fully saturated rings. The third-order valence-electron chi connectivity index (χ3n) is 3.15. The Hall–Kier alpha value is -0.840. The van der Waals surface area contributed by atoms with E-state index >= 15 is 0 Å². The minimum atomic E-state index is -3.69. The van der Waals surface area contributed by atoms with E-state index in [1.54, 1.807) is 11.8 Å². The molecular formula is C11H17N3O4S3. The molecule has 21 heavy (non-hydrogen) atoms. The molecule has 1 aliphatic rings. The highest BCUT2D eigenvalue weighted by Crippen LogP contribution is 2.36. The molecule has 1 aromatic heterocycles. The first kappa shape index (κ1) is 16.5. The lowest BCUT2D eigenvalue weighted by molar-refractivity contribution is -0.383. The van der Waals surface area contributed by atoms with Gasteiger partial charge in [-0.15, -0.1) is 0 Å². The normalized spacial score (nSPS) is 19.4. The number of rotatable bonds is 6. The van der Waals surface area contributed by atoms with Crippen LogP contribution in [0, 0.1) is 10.1 Å². The number of anilines is 1. The van der Waals surface area contributed by atoms with Crippen molar-refractivity contribution in [1.29, 1.82) is 0 Å². The molecule has 7 nitrogen and oxygen atoms in total. The maximum Gasteiger partial charge on any atom is 0.304 e. The fraction of sp³-hybridized carbons (Fsp3) is 0.636. The van der Waals surface area contributed by atoms with Crippen LogP contribution in [0.2, 0.25) is 0 Å². The minimum Gasteiger partial charge on any atom is -0.374 e. The Bertz CT molecular complexity index is 608. The van der Waals surface area contributed by atoms with E-state index in [1.807, 2.05) is 0 Å². The Labute approximate surface area is 131 Å². The molecule has 0 aliphatic carbocycles. The average molecular weight is 351 g/mol. The van der Waals surface area contributed by atoms with Gasteiger partial charge in [0.2, 0.25) is 10.0 Å². The van der Waals surface area contributed by atoms with Gasteiger partial charge in [-0.1, -0.05) is 17.8 Å². The molecule has 118 valence electrons. The van der Waals surface area contributed by atoms with Gasteiger partial charge in [0.15, 0.2) is 5.00 Å². The zero-order chi connectivity index (χ0) is 15.5. The standard InChI is InChI=1S/C11H17N3O4S3/c1-12-11-9(14(15)16)6-10(20-11)21(17,18)13-7-8-4-2-3-5-19-8/h6,8,12-13H,2-5,7H2,1H3. The van der Waals surface area contributed by atoms with Gasteiger partial charge >= 0.3 is 5.69 Å². The SMILES string of the molecule is CNc1sc(S(=O)(=O)NCC2CCCCS2)cc1[N+](=O)[O-]. The van der Waals surface area contributed by atoms with Crippen molar-refractivity contribution in [2.45, 2.75) is 28.7 Å². The van der Waals surface area contributed by atoms with E-state index < -0.39 is 14.9 Å². The van der Waals surface area contributed by atoms with Crippen molar-refractivity contribution in [1.82, 2.24) is 4.72 Å². The van der Waals surface area contributed by atoms with E-state index in [0.29, 0.717) is 6.54 Å². The van der Waals surface area contributed by atoms with Crippen LogP contribution >= 0.6 is 23.1 Å². The predicted molar refractivity (Wildman–Crippen MR) is 85.8 cm³/mol. The second-order valence-corrected chi connectivity index (χ2v) is 9.08. The number of hydrogen-bond acceptors (Lipinski definition) is 7. The molecule has 10 heteroatoms. The van der Waals surface area contributed by atoms with Gasteiger partial charge in [0.25, 0.3) is 0 Å². The van der Waals surface area contributed by atoms with Crippen LogP contribution in [0.25, 0.3) is 0 Å². The summed E-state index contributed by atoms with van der Waals surface area (Å²) in [6, 6.07) is 1.10. The molecule has 0 radical (unpaired) electrons. The molecule has 2 N–H and O–H groups in total. The van der Waals surface area contributed by atoms with Crippen molar-refractivity contribution in [3.63, 3.8) is 0 Å². The van der Waals surface area contributed by atoms with Crippen LogP contribution in [0.15, 0.2) is 10.3 Å². The molecule has 0 aromatic carbocycles. The van der Waals surface area contributed by atoms with Crippen molar-refractivity contribution in [3.05, 3.63) is 16.2 Å². The summed E-state index contributed by atoms with van der Waals surface area (Å²) in [6.07, 6.45) is 3.30. The lowest BCUT2D eigenvalue weighted by Crippen LogP contribution is -2.31. The first-order valence-electron chi connectivity index (χ1n) is 6.51. The second kappa shape index (κ2) is 6.95. The van der Waals surface area contributed by atoms with Gasteiger partial charge in [0, 0.05) is 24.9 Å². The molecule has 2 heterocycles. The van der Waals surface area contributed by atoms with Crippen LogP contribution in [0.4, 0.5) is 10.7 Å². The molecule has 0 amide bonds. The quantitative estimate of drug-likeness (QED) is 0.602. The minimum absolute atomic E-state index is 0.0284. The number of nitrogens with zero attached hydrogens (tertiary/aromatic N) is 1. The highest BCUT2D eigenvalue weighted by atomic mass is 32.2. The summed E-state index contributed by atoms with van der Waals surface area (Å²) in [5, 5.41) is 14.1. The molecule has 0 spiro atoms. The van der Waals surface area contributed by atoms with Crippen LogP contribution in [0.1, 0.15) is 19.3 Å².